The van der Waals surface area contributed by atoms with E-state index in [0.717, 1.165) is 25.8 Å². The molecule has 2 aliphatic rings. The fraction of sp³-hybridized carbons (Fsp3) is 0.588. The van der Waals surface area contributed by atoms with Crippen LogP contribution in [-0.4, -0.2) is 49.8 Å². The van der Waals surface area contributed by atoms with Gasteiger partial charge in [-0.15, -0.1) is 0 Å². The molecule has 2 aliphatic heterocycles. The van der Waals surface area contributed by atoms with E-state index >= 15 is 0 Å². The topological polar surface area (TPSA) is 38.8 Å². The van der Waals surface area contributed by atoms with Crippen LogP contribution < -0.4 is 0 Å². The number of carbonyl (C=O) groups is 1. The first-order valence-corrected chi connectivity index (χ1v) is 7.85. The molecule has 1 amide bonds. The van der Waals surface area contributed by atoms with Crippen LogP contribution >= 0.6 is 0 Å². The van der Waals surface area contributed by atoms with Gasteiger partial charge in [-0.05, 0) is 18.4 Å². The van der Waals surface area contributed by atoms with Gasteiger partial charge in [-0.25, -0.2) is 0 Å². The molecule has 0 spiro atoms. The first-order valence-electron chi connectivity index (χ1n) is 7.85. The van der Waals surface area contributed by atoms with Crippen molar-refractivity contribution in [2.75, 3.05) is 32.9 Å². The zero-order valence-electron chi connectivity index (χ0n) is 12.4. The summed E-state index contributed by atoms with van der Waals surface area (Å²) in [6, 6.07) is 10.3. The minimum atomic E-state index is 0.116. The molecule has 2 heterocycles. The third kappa shape index (κ3) is 3.83. The number of hydrogen-bond acceptors (Lipinski definition) is 3. The summed E-state index contributed by atoms with van der Waals surface area (Å²) in [5, 5.41) is 0. The number of carbonyl (C=O) groups excluding carboxylic acids is 1. The van der Waals surface area contributed by atoms with E-state index < -0.39 is 0 Å². The summed E-state index contributed by atoms with van der Waals surface area (Å²) in [6.45, 7) is 3.52. The SMILES string of the molecule is O=C(C1CCOCC1)N1CCO[C@@H](Cc2ccccc2)C1. The molecule has 0 aliphatic carbocycles. The summed E-state index contributed by atoms with van der Waals surface area (Å²) in [5.74, 6) is 0.439. The number of amides is 1. The summed E-state index contributed by atoms with van der Waals surface area (Å²) in [4.78, 5) is 14.6. The molecule has 0 radical (unpaired) electrons. The Labute approximate surface area is 126 Å². The van der Waals surface area contributed by atoms with E-state index in [9.17, 15) is 4.79 Å². The van der Waals surface area contributed by atoms with Crippen molar-refractivity contribution in [1.29, 1.82) is 0 Å². The van der Waals surface area contributed by atoms with E-state index in [1.807, 2.05) is 23.1 Å². The van der Waals surface area contributed by atoms with Gasteiger partial charge in [-0.3, -0.25) is 4.79 Å². The van der Waals surface area contributed by atoms with Crippen LogP contribution in [-0.2, 0) is 20.7 Å². The molecule has 0 unspecified atom stereocenters. The van der Waals surface area contributed by atoms with Crippen LogP contribution in [0.5, 0.6) is 0 Å². The molecule has 0 saturated carbocycles. The lowest BCUT2D eigenvalue weighted by Gasteiger charge is -2.36. The fourth-order valence-electron chi connectivity index (χ4n) is 3.12. The van der Waals surface area contributed by atoms with Crippen LogP contribution in [0.15, 0.2) is 30.3 Å². The number of benzene rings is 1. The van der Waals surface area contributed by atoms with Crippen molar-refractivity contribution in [2.24, 2.45) is 5.92 Å². The first-order chi connectivity index (χ1) is 10.3. The molecule has 114 valence electrons. The Morgan fingerprint density at radius 2 is 1.90 bits per heavy atom. The van der Waals surface area contributed by atoms with Gasteiger partial charge in [0.25, 0.3) is 0 Å². The minimum absolute atomic E-state index is 0.116. The van der Waals surface area contributed by atoms with Crippen LogP contribution in [0.25, 0.3) is 0 Å². The van der Waals surface area contributed by atoms with Crippen molar-refractivity contribution in [3.05, 3.63) is 35.9 Å². The van der Waals surface area contributed by atoms with Crippen molar-refractivity contribution in [3.63, 3.8) is 0 Å². The van der Waals surface area contributed by atoms with Gasteiger partial charge in [0, 0.05) is 38.6 Å². The molecule has 1 atom stereocenters. The van der Waals surface area contributed by atoms with Crippen LogP contribution in [0.4, 0.5) is 0 Å². The number of ether oxygens (including phenoxy) is 2. The predicted octanol–water partition coefficient (Wildman–Crippen LogP) is 1.88. The Morgan fingerprint density at radius 1 is 1.14 bits per heavy atom. The van der Waals surface area contributed by atoms with Crippen LogP contribution in [0.2, 0.25) is 0 Å². The van der Waals surface area contributed by atoms with Crippen LogP contribution in [0.3, 0.4) is 0 Å². The second-order valence-corrected chi connectivity index (χ2v) is 5.85. The number of nitrogens with zero attached hydrogens (tertiary/aromatic N) is 1. The van der Waals surface area contributed by atoms with E-state index in [1.165, 1.54) is 5.56 Å². The molecule has 0 bridgehead atoms. The molecule has 2 fully saturated rings. The lowest BCUT2D eigenvalue weighted by atomic mass is 9.98. The summed E-state index contributed by atoms with van der Waals surface area (Å²) < 4.78 is 11.2. The molecule has 21 heavy (non-hydrogen) atoms. The largest absolute Gasteiger partial charge is 0.381 e. The molecule has 0 N–H and O–H groups in total. The highest BCUT2D eigenvalue weighted by molar-refractivity contribution is 5.79. The molecule has 2 saturated heterocycles. The average Bonchev–Trinajstić information content (AvgIpc) is 2.56. The van der Waals surface area contributed by atoms with Gasteiger partial charge in [0.1, 0.15) is 0 Å². The maximum atomic E-state index is 12.6. The van der Waals surface area contributed by atoms with Crippen molar-refractivity contribution in [1.82, 2.24) is 4.90 Å². The molecule has 0 aromatic heterocycles. The van der Waals surface area contributed by atoms with Gasteiger partial charge in [-0.2, -0.15) is 0 Å². The van der Waals surface area contributed by atoms with Crippen molar-refractivity contribution in [3.8, 4) is 0 Å². The highest BCUT2D eigenvalue weighted by atomic mass is 16.5. The molecule has 1 aromatic rings. The summed E-state index contributed by atoms with van der Waals surface area (Å²) in [7, 11) is 0. The summed E-state index contributed by atoms with van der Waals surface area (Å²) in [6.07, 6.45) is 2.71. The van der Waals surface area contributed by atoms with Crippen LogP contribution in [0.1, 0.15) is 18.4 Å². The normalized spacial score (nSPS) is 24.0. The monoisotopic (exact) mass is 289 g/mol. The third-order valence-corrected chi connectivity index (χ3v) is 4.33. The minimum Gasteiger partial charge on any atom is -0.381 e. The van der Waals surface area contributed by atoms with Crippen molar-refractivity contribution >= 4 is 5.91 Å². The Morgan fingerprint density at radius 3 is 2.67 bits per heavy atom. The van der Waals surface area contributed by atoms with E-state index in [1.54, 1.807) is 0 Å². The standard InChI is InChI=1S/C17H23NO3/c19-17(15-6-9-20-10-7-15)18-8-11-21-16(13-18)12-14-4-2-1-3-5-14/h1-5,15-16H,6-13H2/t16-/m0/s1. The van der Waals surface area contributed by atoms with E-state index in [4.69, 9.17) is 9.47 Å². The van der Waals surface area contributed by atoms with Crippen molar-refractivity contribution in [2.45, 2.75) is 25.4 Å². The molecule has 4 nitrogen and oxygen atoms in total. The Balaban J connectivity index is 1.56. The predicted molar refractivity (Wildman–Crippen MR) is 80.0 cm³/mol. The number of rotatable bonds is 3. The smallest absolute Gasteiger partial charge is 0.226 e. The Bertz CT molecular complexity index is 456. The van der Waals surface area contributed by atoms with Gasteiger partial charge < -0.3 is 14.4 Å². The zero-order valence-corrected chi connectivity index (χ0v) is 12.4. The lowest BCUT2D eigenvalue weighted by Crippen LogP contribution is -2.49. The summed E-state index contributed by atoms with van der Waals surface area (Å²) >= 11 is 0. The third-order valence-electron chi connectivity index (χ3n) is 4.33. The van der Waals surface area contributed by atoms with Crippen molar-refractivity contribution < 1.29 is 14.3 Å². The van der Waals surface area contributed by atoms with Gasteiger partial charge in [-0.1, -0.05) is 30.3 Å². The van der Waals surface area contributed by atoms with Gasteiger partial charge in [0.15, 0.2) is 0 Å². The maximum absolute atomic E-state index is 12.6. The number of morpholine rings is 1. The number of hydrogen-bond donors (Lipinski definition) is 0. The Kier molecular flexibility index (Phi) is 4.88. The Hall–Kier alpha value is -1.39. The highest BCUT2D eigenvalue weighted by Crippen LogP contribution is 2.20. The van der Waals surface area contributed by atoms with E-state index in [-0.39, 0.29) is 12.0 Å². The molecule has 1 aromatic carbocycles. The molecule has 4 heteroatoms. The fourth-order valence-corrected chi connectivity index (χ4v) is 3.12. The highest BCUT2D eigenvalue weighted by Gasteiger charge is 2.30. The van der Waals surface area contributed by atoms with Gasteiger partial charge in [0.05, 0.1) is 12.7 Å². The lowest BCUT2D eigenvalue weighted by molar-refractivity contribution is -0.146. The first kappa shape index (κ1) is 14.5. The van der Waals surface area contributed by atoms with E-state index in [2.05, 4.69) is 12.1 Å². The maximum Gasteiger partial charge on any atom is 0.226 e. The van der Waals surface area contributed by atoms with Crippen LogP contribution in [0, 0.1) is 5.92 Å². The molecule has 3 rings (SSSR count). The quantitative estimate of drug-likeness (QED) is 0.853. The zero-order chi connectivity index (χ0) is 14.5. The molecular weight excluding hydrogens is 266 g/mol. The van der Waals surface area contributed by atoms with Gasteiger partial charge >= 0.3 is 0 Å². The average molecular weight is 289 g/mol. The van der Waals surface area contributed by atoms with E-state index in [0.29, 0.717) is 32.3 Å². The molecular formula is C17H23NO3. The van der Waals surface area contributed by atoms with Gasteiger partial charge in [0.2, 0.25) is 5.91 Å². The second kappa shape index (κ2) is 7.05. The second-order valence-electron chi connectivity index (χ2n) is 5.85. The summed E-state index contributed by atoms with van der Waals surface area (Å²) in [5.41, 5.74) is 1.27.